The van der Waals surface area contributed by atoms with Crippen LogP contribution >= 0.6 is 11.6 Å². The predicted octanol–water partition coefficient (Wildman–Crippen LogP) is 2.38. The molecule has 140 valence electrons. The molecule has 1 aliphatic rings. The Balaban J connectivity index is 1.40. The number of ether oxygens (including phenoxy) is 1. The molecule has 1 aliphatic carbocycles. The maximum atomic E-state index is 11.9. The van der Waals surface area contributed by atoms with Crippen molar-refractivity contribution in [1.82, 2.24) is 10.9 Å². The summed E-state index contributed by atoms with van der Waals surface area (Å²) in [4.78, 5) is 35.5. The number of halogens is 1. The van der Waals surface area contributed by atoms with E-state index in [9.17, 15) is 14.4 Å². The molecule has 0 saturated carbocycles. The van der Waals surface area contributed by atoms with Gasteiger partial charge in [0.15, 0.2) is 6.61 Å². The van der Waals surface area contributed by atoms with E-state index in [0.29, 0.717) is 10.6 Å². The highest BCUT2D eigenvalue weighted by molar-refractivity contribution is 6.30. The van der Waals surface area contributed by atoms with Gasteiger partial charge in [-0.25, -0.2) is 0 Å². The number of aryl methyl sites for hydroxylation is 2. The van der Waals surface area contributed by atoms with Crippen molar-refractivity contribution in [2.45, 2.75) is 25.7 Å². The standard InChI is InChI=1S/C20H19ClN2O4/c21-17-8-6-15(7-9-17)20(26)23-22-18(24)12-27-19(25)11-13-4-5-14-2-1-3-16(14)10-13/h4-10H,1-3,11-12H2,(H,22,24)(H,23,26). The van der Waals surface area contributed by atoms with E-state index in [1.54, 1.807) is 12.1 Å². The van der Waals surface area contributed by atoms with E-state index in [2.05, 4.69) is 10.9 Å². The second-order valence-electron chi connectivity index (χ2n) is 6.30. The first-order valence-electron chi connectivity index (χ1n) is 8.62. The number of amides is 2. The minimum atomic E-state index is -0.625. The van der Waals surface area contributed by atoms with Gasteiger partial charge in [-0.05, 0) is 60.2 Å². The fourth-order valence-electron chi connectivity index (χ4n) is 2.93. The molecule has 2 N–H and O–H groups in total. The Labute approximate surface area is 161 Å². The van der Waals surface area contributed by atoms with Crippen molar-refractivity contribution in [3.8, 4) is 0 Å². The number of nitrogens with one attached hydrogen (secondary N) is 2. The number of esters is 1. The van der Waals surface area contributed by atoms with Crippen molar-refractivity contribution in [3.05, 3.63) is 69.7 Å². The van der Waals surface area contributed by atoms with E-state index in [4.69, 9.17) is 16.3 Å². The van der Waals surface area contributed by atoms with Crippen LogP contribution in [0.3, 0.4) is 0 Å². The van der Waals surface area contributed by atoms with Gasteiger partial charge in [-0.1, -0.05) is 29.8 Å². The lowest BCUT2D eigenvalue weighted by atomic mass is 10.0. The van der Waals surface area contributed by atoms with Crippen LogP contribution in [0.25, 0.3) is 0 Å². The lowest BCUT2D eigenvalue weighted by Gasteiger charge is -2.09. The Bertz CT molecular complexity index is 865. The monoisotopic (exact) mass is 386 g/mol. The molecule has 0 fully saturated rings. The second-order valence-corrected chi connectivity index (χ2v) is 6.74. The molecule has 2 aromatic carbocycles. The maximum Gasteiger partial charge on any atom is 0.310 e. The Morgan fingerprint density at radius 1 is 0.963 bits per heavy atom. The second kappa shape index (κ2) is 8.68. The van der Waals surface area contributed by atoms with Crippen molar-refractivity contribution < 1.29 is 19.1 Å². The summed E-state index contributed by atoms with van der Waals surface area (Å²) in [5, 5.41) is 0.505. The molecule has 0 unspecified atom stereocenters. The summed E-state index contributed by atoms with van der Waals surface area (Å²) in [6.45, 7) is -0.468. The Kier molecular flexibility index (Phi) is 6.08. The summed E-state index contributed by atoms with van der Waals surface area (Å²) < 4.78 is 4.96. The van der Waals surface area contributed by atoms with Gasteiger partial charge >= 0.3 is 5.97 Å². The van der Waals surface area contributed by atoms with Crippen LogP contribution in [0.4, 0.5) is 0 Å². The fraction of sp³-hybridized carbons (Fsp3) is 0.250. The predicted molar refractivity (Wildman–Crippen MR) is 100 cm³/mol. The number of carbonyl (C=O) groups is 3. The summed E-state index contributed by atoms with van der Waals surface area (Å²) in [6, 6.07) is 12.2. The molecule has 0 heterocycles. The number of carbonyl (C=O) groups excluding carboxylic acids is 3. The van der Waals surface area contributed by atoms with Gasteiger partial charge in [0.05, 0.1) is 6.42 Å². The highest BCUT2D eigenvalue weighted by Gasteiger charge is 2.14. The minimum absolute atomic E-state index is 0.109. The maximum absolute atomic E-state index is 11.9. The number of hydrazine groups is 1. The molecule has 2 aromatic rings. The summed E-state index contributed by atoms with van der Waals surface area (Å²) in [7, 11) is 0. The van der Waals surface area contributed by atoms with Crippen LogP contribution in [-0.4, -0.2) is 24.4 Å². The first-order valence-corrected chi connectivity index (χ1v) is 9.00. The fourth-order valence-corrected chi connectivity index (χ4v) is 3.06. The summed E-state index contributed by atoms with van der Waals surface area (Å²) >= 11 is 5.75. The normalized spacial score (nSPS) is 12.2. The molecular formula is C20H19ClN2O4. The molecule has 7 heteroatoms. The van der Waals surface area contributed by atoms with Gasteiger partial charge < -0.3 is 4.74 Å². The molecule has 0 atom stereocenters. The topological polar surface area (TPSA) is 84.5 Å². The molecule has 3 rings (SSSR count). The SMILES string of the molecule is O=C(COC(=O)Cc1ccc2c(c1)CCC2)NNC(=O)c1ccc(Cl)cc1. The number of hydrogen-bond donors (Lipinski definition) is 2. The van der Waals surface area contributed by atoms with E-state index < -0.39 is 24.4 Å². The number of benzene rings is 2. The van der Waals surface area contributed by atoms with Gasteiger partial charge in [-0.2, -0.15) is 0 Å². The highest BCUT2D eigenvalue weighted by Crippen LogP contribution is 2.23. The molecule has 2 amide bonds. The zero-order valence-electron chi connectivity index (χ0n) is 14.6. The Morgan fingerprint density at radius 3 is 2.48 bits per heavy atom. The molecule has 0 saturated heterocycles. The minimum Gasteiger partial charge on any atom is -0.455 e. The van der Waals surface area contributed by atoms with Crippen LogP contribution in [-0.2, 0) is 33.6 Å². The van der Waals surface area contributed by atoms with E-state index in [1.807, 2.05) is 18.2 Å². The van der Waals surface area contributed by atoms with Crippen LogP contribution < -0.4 is 10.9 Å². The Hall–Kier alpha value is -2.86. The average molecular weight is 387 g/mol. The highest BCUT2D eigenvalue weighted by atomic mass is 35.5. The molecule has 6 nitrogen and oxygen atoms in total. The van der Waals surface area contributed by atoms with E-state index in [0.717, 1.165) is 24.8 Å². The number of rotatable bonds is 5. The number of fused-ring (bicyclic) bond motifs is 1. The molecule has 0 bridgehead atoms. The van der Waals surface area contributed by atoms with Gasteiger partial charge in [-0.15, -0.1) is 0 Å². The number of hydrogen-bond acceptors (Lipinski definition) is 4. The molecular weight excluding hydrogens is 368 g/mol. The van der Waals surface area contributed by atoms with Gasteiger partial charge in [0.25, 0.3) is 11.8 Å². The third-order valence-corrected chi connectivity index (χ3v) is 4.55. The first-order chi connectivity index (χ1) is 13.0. The van der Waals surface area contributed by atoms with Gasteiger partial charge in [0.2, 0.25) is 0 Å². The molecule has 0 aliphatic heterocycles. The quantitative estimate of drug-likeness (QED) is 0.610. The first kappa shape index (κ1) is 18.9. The largest absolute Gasteiger partial charge is 0.455 e. The zero-order valence-corrected chi connectivity index (χ0v) is 15.3. The lowest BCUT2D eigenvalue weighted by Crippen LogP contribution is -2.43. The molecule has 0 spiro atoms. The lowest BCUT2D eigenvalue weighted by molar-refractivity contribution is -0.148. The third-order valence-electron chi connectivity index (χ3n) is 4.30. The van der Waals surface area contributed by atoms with Crippen molar-refractivity contribution in [2.75, 3.05) is 6.61 Å². The summed E-state index contributed by atoms with van der Waals surface area (Å²) in [5.41, 5.74) is 8.28. The molecule has 0 aromatic heterocycles. The van der Waals surface area contributed by atoms with Crippen molar-refractivity contribution >= 4 is 29.4 Å². The van der Waals surface area contributed by atoms with Crippen molar-refractivity contribution in [1.29, 1.82) is 0 Å². The van der Waals surface area contributed by atoms with Crippen LogP contribution in [0.15, 0.2) is 42.5 Å². The smallest absolute Gasteiger partial charge is 0.310 e. The molecule has 27 heavy (non-hydrogen) atoms. The van der Waals surface area contributed by atoms with Gasteiger partial charge in [0, 0.05) is 10.6 Å². The Morgan fingerprint density at radius 2 is 1.70 bits per heavy atom. The summed E-state index contributed by atoms with van der Waals surface area (Å²) in [6.07, 6.45) is 3.37. The van der Waals surface area contributed by atoms with Gasteiger partial charge in [0.1, 0.15) is 0 Å². The van der Waals surface area contributed by atoms with Crippen LogP contribution in [0.2, 0.25) is 5.02 Å². The van der Waals surface area contributed by atoms with Crippen molar-refractivity contribution in [2.24, 2.45) is 0 Å². The zero-order chi connectivity index (χ0) is 19.2. The third kappa shape index (κ3) is 5.31. The van der Waals surface area contributed by atoms with Crippen molar-refractivity contribution in [3.63, 3.8) is 0 Å². The average Bonchev–Trinajstić information content (AvgIpc) is 3.13. The van der Waals surface area contributed by atoms with E-state index >= 15 is 0 Å². The van der Waals surface area contributed by atoms with E-state index in [1.165, 1.54) is 23.3 Å². The van der Waals surface area contributed by atoms with Gasteiger partial charge in [-0.3, -0.25) is 25.2 Å². The van der Waals surface area contributed by atoms with Crippen LogP contribution in [0, 0.1) is 0 Å². The summed E-state index contributed by atoms with van der Waals surface area (Å²) in [5.74, 6) is -1.61. The molecule has 0 radical (unpaired) electrons. The van der Waals surface area contributed by atoms with Crippen LogP contribution in [0.1, 0.15) is 33.5 Å². The van der Waals surface area contributed by atoms with Crippen LogP contribution in [0.5, 0.6) is 0 Å². The van der Waals surface area contributed by atoms with E-state index in [-0.39, 0.29) is 6.42 Å².